The Balaban J connectivity index is 1.51. The standard InChI is InChI=1S/C38H34GeP2/c1-29-23-25-35(37(27-29)40(31-15-7-3-8-16-31)32-17-9-4-10-18-32)39-36-26-24-30(2)28-38(36)41(33-19-11-5-12-20-33)34-21-13-6-14-22-34/h3-28H,39H2,1-2H3. The average Bonchev–Trinajstić information content (AvgIpc) is 3.02. The van der Waals surface area contributed by atoms with Crippen molar-refractivity contribution < 1.29 is 0 Å². The normalized spacial score (nSPS) is 11.2. The fourth-order valence-electron chi connectivity index (χ4n) is 5.43. The van der Waals surface area contributed by atoms with Crippen LogP contribution in [0.3, 0.4) is 0 Å². The van der Waals surface area contributed by atoms with E-state index < -0.39 is 31.3 Å². The number of hydrogen-bond donors (Lipinski definition) is 0. The van der Waals surface area contributed by atoms with Crippen LogP contribution in [0.4, 0.5) is 0 Å². The molecule has 0 aliphatic rings. The van der Waals surface area contributed by atoms with E-state index in [2.05, 4.69) is 172 Å². The van der Waals surface area contributed by atoms with Crippen LogP contribution in [0.1, 0.15) is 11.1 Å². The van der Waals surface area contributed by atoms with Gasteiger partial charge in [0.2, 0.25) is 0 Å². The molecule has 0 saturated carbocycles. The molecular weight excluding hydrogens is 591 g/mol. The van der Waals surface area contributed by atoms with Crippen molar-refractivity contribution >= 4 is 71.9 Å². The van der Waals surface area contributed by atoms with Crippen molar-refractivity contribution in [2.45, 2.75) is 13.8 Å². The molecule has 0 N–H and O–H groups in total. The third-order valence-electron chi connectivity index (χ3n) is 7.40. The van der Waals surface area contributed by atoms with Crippen molar-refractivity contribution in [3.05, 3.63) is 169 Å². The molecule has 0 unspecified atom stereocenters. The first-order chi connectivity index (χ1) is 20.2. The summed E-state index contributed by atoms with van der Waals surface area (Å²) in [6.07, 6.45) is 0. The van der Waals surface area contributed by atoms with E-state index in [0.29, 0.717) is 0 Å². The van der Waals surface area contributed by atoms with Gasteiger partial charge < -0.3 is 0 Å². The third-order valence-corrected chi connectivity index (χ3v) is 17.9. The minimum atomic E-state index is -1.39. The second kappa shape index (κ2) is 13.1. The van der Waals surface area contributed by atoms with Crippen molar-refractivity contribution in [1.82, 2.24) is 0 Å². The summed E-state index contributed by atoms with van der Waals surface area (Å²) in [6.45, 7) is 4.48. The average molecular weight is 625 g/mol. The van der Waals surface area contributed by atoms with Crippen LogP contribution in [-0.4, -0.2) is 15.4 Å². The van der Waals surface area contributed by atoms with E-state index in [1.807, 2.05) is 0 Å². The Kier molecular flexibility index (Phi) is 8.93. The molecule has 0 fully saturated rings. The van der Waals surface area contributed by atoms with Gasteiger partial charge in [0.25, 0.3) is 0 Å². The Morgan fingerprint density at radius 1 is 0.366 bits per heavy atom. The molecule has 6 rings (SSSR count). The Hall–Kier alpha value is -3.28. The minimum absolute atomic E-state index is 0.646. The zero-order valence-corrected chi connectivity index (χ0v) is 28.4. The van der Waals surface area contributed by atoms with Gasteiger partial charge in [0.1, 0.15) is 0 Å². The molecule has 0 spiro atoms. The molecule has 0 saturated heterocycles. The molecule has 0 heterocycles. The molecule has 3 heteroatoms. The maximum atomic E-state index is 2.48. The zero-order valence-electron chi connectivity index (χ0n) is 23.6. The maximum absolute atomic E-state index is 2.48. The molecule has 0 aliphatic heterocycles. The third kappa shape index (κ3) is 6.47. The molecular formula is C38H34GeP2. The van der Waals surface area contributed by atoms with Gasteiger partial charge in [-0.15, -0.1) is 0 Å². The van der Waals surface area contributed by atoms with Crippen LogP contribution in [0, 0.1) is 13.8 Å². The molecule has 0 bridgehead atoms. The van der Waals surface area contributed by atoms with Gasteiger partial charge in [-0.05, 0) is 0 Å². The summed E-state index contributed by atoms with van der Waals surface area (Å²) in [6, 6.07) is 59.1. The van der Waals surface area contributed by atoms with Gasteiger partial charge in [-0.25, -0.2) is 0 Å². The summed E-state index contributed by atoms with van der Waals surface area (Å²) in [5.74, 6) is 0. The Labute approximate surface area is 253 Å². The van der Waals surface area contributed by atoms with Gasteiger partial charge in [0, 0.05) is 0 Å². The monoisotopic (exact) mass is 626 g/mol. The topological polar surface area (TPSA) is 0 Å². The van der Waals surface area contributed by atoms with E-state index in [1.165, 1.54) is 43.0 Å². The van der Waals surface area contributed by atoms with Gasteiger partial charge in [-0.3, -0.25) is 0 Å². The Morgan fingerprint density at radius 3 is 0.951 bits per heavy atom. The van der Waals surface area contributed by atoms with Crippen molar-refractivity contribution in [1.29, 1.82) is 0 Å². The fraction of sp³-hybridized carbons (Fsp3) is 0.0526. The first kappa shape index (κ1) is 27.9. The summed E-state index contributed by atoms with van der Waals surface area (Å²) in [7, 11) is -1.29. The summed E-state index contributed by atoms with van der Waals surface area (Å²) < 4.78 is 3.20. The molecule has 0 amide bonds. The first-order valence-corrected chi connectivity index (χ1v) is 19.8. The van der Waals surface area contributed by atoms with Crippen LogP contribution >= 0.6 is 15.8 Å². The van der Waals surface area contributed by atoms with E-state index in [1.54, 1.807) is 8.79 Å². The number of hydrogen-bond acceptors (Lipinski definition) is 0. The van der Waals surface area contributed by atoms with Gasteiger partial charge in [0.15, 0.2) is 0 Å². The summed E-state index contributed by atoms with van der Waals surface area (Å²) >= 11 is -1.39. The van der Waals surface area contributed by atoms with Gasteiger partial charge >= 0.3 is 255 Å². The van der Waals surface area contributed by atoms with Gasteiger partial charge in [0.05, 0.1) is 0 Å². The molecule has 41 heavy (non-hydrogen) atoms. The molecule has 6 aromatic carbocycles. The van der Waals surface area contributed by atoms with Crippen molar-refractivity contribution in [2.75, 3.05) is 0 Å². The number of aryl methyl sites for hydroxylation is 2. The summed E-state index contributed by atoms with van der Waals surface area (Å²) in [5.41, 5.74) is 2.68. The summed E-state index contributed by atoms with van der Waals surface area (Å²) in [5, 5.41) is 8.75. The second-order valence-corrected chi connectivity index (χ2v) is 18.8. The molecule has 0 nitrogen and oxygen atoms in total. The van der Waals surface area contributed by atoms with E-state index >= 15 is 0 Å². The van der Waals surface area contributed by atoms with Crippen LogP contribution in [0.2, 0.25) is 0 Å². The van der Waals surface area contributed by atoms with Crippen LogP contribution in [0.15, 0.2) is 158 Å². The van der Waals surface area contributed by atoms with Crippen molar-refractivity contribution in [2.24, 2.45) is 0 Å². The van der Waals surface area contributed by atoms with Gasteiger partial charge in [-0.2, -0.15) is 0 Å². The number of rotatable bonds is 8. The molecule has 0 atom stereocenters. The van der Waals surface area contributed by atoms with Crippen molar-refractivity contribution in [3.8, 4) is 0 Å². The molecule has 0 aromatic heterocycles. The number of benzene rings is 6. The van der Waals surface area contributed by atoms with Gasteiger partial charge in [-0.1, -0.05) is 0 Å². The van der Waals surface area contributed by atoms with E-state index in [0.717, 1.165) is 0 Å². The van der Waals surface area contributed by atoms with Crippen LogP contribution in [-0.2, 0) is 0 Å². The predicted molar refractivity (Wildman–Crippen MR) is 188 cm³/mol. The second-order valence-electron chi connectivity index (χ2n) is 10.5. The molecule has 6 aromatic rings. The van der Waals surface area contributed by atoms with Crippen LogP contribution in [0.25, 0.3) is 0 Å². The summed E-state index contributed by atoms with van der Waals surface area (Å²) in [4.78, 5) is 0. The van der Waals surface area contributed by atoms with Crippen molar-refractivity contribution in [3.63, 3.8) is 0 Å². The molecule has 200 valence electrons. The van der Waals surface area contributed by atoms with E-state index in [-0.39, 0.29) is 0 Å². The molecule has 0 aliphatic carbocycles. The Morgan fingerprint density at radius 2 is 0.659 bits per heavy atom. The zero-order chi connectivity index (χ0) is 28.0. The SMILES string of the molecule is Cc1cc[c]([GeH2][c]2ccc(C)cc2P(c2ccccc2)c2ccccc2)c(P(c2ccccc2)c2ccccc2)c1. The van der Waals surface area contributed by atoms with E-state index in [9.17, 15) is 0 Å². The Bertz CT molecular complexity index is 1510. The van der Waals surface area contributed by atoms with Crippen LogP contribution < -0.4 is 40.6 Å². The van der Waals surface area contributed by atoms with Crippen LogP contribution in [0.5, 0.6) is 0 Å². The van der Waals surface area contributed by atoms with E-state index in [4.69, 9.17) is 0 Å². The fourth-order valence-corrected chi connectivity index (χ4v) is 16.3. The quantitative estimate of drug-likeness (QED) is 0.166. The molecule has 0 radical (unpaired) electrons. The first-order valence-electron chi connectivity index (χ1n) is 14.2. The predicted octanol–water partition coefficient (Wildman–Crippen LogP) is 4.94.